The van der Waals surface area contributed by atoms with Gasteiger partial charge in [-0.25, -0.2) is 9.97 Å². The number of aromatic nitrogens is 3. The zero-order valence-electron chi connectivity index (χ0n) is 14.0. The second-order valence-electron chi connectivity index (χ2n) is 6.14. The summed E-state index contributed by atoms with van der Waals surface area (Å²) in [5, 5.41) is 0. The first-order chi connectivity index (χ1) is 11.7. The molecule has 0 atom stereocenters. The lowest BCUT2D eigenvalue weighted by atomic mass is 10.1. The Morgan fingerprint density at radius 2 is 1.96 bits per heavy atom. The largest absolute Gasteiger partial charge is 0.495 e. The molecule has 1 aliphatic heterocycles. The molecule has 6 heteroatoms. The molecule has 1 aliphatic rings. The van der Waals surface area contributed by atoms with Crippen LogP contribution in [0.1, 0.15) is 0 Å². The molecule has 1 aromatic carbocycles. The highest BCUT2D eigenvalue weighted by Crippen LogP contribution is 2.33. The van der Waals surface area contributed by atoms with Gasteiger partial charge in [0.1, 0.15) is 11.3 Å². The molecule has 0 saturated carbocycles. The molecule has 0 bridgehead atoms. The summed E-state index contributed by atoms with van der Waals surface area (Å²) in [4.78, 5) is 16.9. The maximum absolute atomic E-state index is 5.65. The molecular formula is C18H21N5O. The monoisotopic (exact) mass is 323 g/mol. The highest BCUT2D eigenvalue weighted by Gasteiger charge is 2.18. The van der Waals surface area contributed by atoms with Gasteiger partial charge in [-0.05, 0) is 25.2 Å². The van der Waals surface area contributed by atoms with E-state index in [1.54, 1.807) is 13.3 Å². The molecule has 3 aromatic rings. The average molecular weight is 323 g/mol. The number of hydrogen-bond acceptors (Lipinski definition) is 5. The predicted octanol–water partition coefficient (Wildman–Crippen LogP) is 2.39. The van der Waals surface area contributed by atoms with Crippen LogP contribution in [0.15, 0.2) is 36.7 Å². The summed E-state index contributed by atoms with van der Waals surface area (Å²) in [6, 6.07) is 8.21. The Bertz CT molecular complexity index is 851. The van der Waals surface area contributed by atoms with E-state index in [9.17, 15) is 0 Å². The number of nitrogens with one attached hydrogen (secondary N) is 1. The number of hydrogen-bond donors (Lipinski definition) is 1. The third kappa shape index (κ3) is 2.69. The van der Waals surface area contributed by atoms with Gasteiger partial charge in [0.25, 0.3) is 0 Å². The van der Waals surface area contributed by atoms with Gasteiger partial charge in [-0.15, -0.1) is 0 Å². The molecule has 0 aliphatic carbocycles. The number of likely N-dealkylation sites (N-methyl/N-ethyl adjacent to an activating group) is 1. The molecular weight excluding hydrogens is 302 g/mol. The van der Waals surface area contributed by atoms with Crippen molar-refractivity contribution in [1.29, 1.82) is 0 Å². The van der Waals surface area contributed by atoms with Gasteiger partial charge in [0.2, 0.25) is 0 Å². The Labute approximate surface area is 141 Å². The minimum atomic E-state index is 0.805. The normalized spacial score (nSPS) is 15.8. The molecule has 6 nitrogen and oxygen atoms in total. The summed E-state index contributed by atoms with van der Waals surface area (Å²) in [5.41, 5.74) is 4.69. The molecule has 1 N–H and O–H groups in total. The Morgan fingerprint density at radius 1 is 1.12 bits per heavy atom. The van der Waals surface area contributed by atoms with E-state index in [1.807, 2.05) is 12.3 Å². The van der Waals surface area contributed by atoms with Crippen molar-refractivity contribution >= 4 is 16.9 Å². The van der Waals surface area contributed by atoms with Crippen molar-refractivity contribution in [3.8, 4) is 17.0 Å². The number of rotatable bonds is 3. The first-order valence-electron chi connectivity index (χ1n) is 8.16. The maximum atomic E-state index is 5.65. The molecule has 0 radical (unpaired) electrons. The van der Waals surface area contributed by atoms with Gasteiger partial charge < -0.3 is 19.5 Å². The van der Waals surface area contributed by atoms with Crippen LogP contribution in [-0.4, -0.2) is 60.2 Å². The van der Waals surface area contributed by atoms with Gasteiger partial charge >= 0.3 is 0 Å². The molecule has 4 rings (SSSR count). The van der Waals surface area contributed by atoms with Crippen molar-refractivity contribution in [1.82, 2.24) is 19.9 Å². The summed E-state index contributed by atoms with van der Waals surface area (Å²) < 4.78 is 5.65. The fourth-order valence-electron chi connectivity index (χ4n) is 3.11. The number of benzene rings is 1. The van der Waals surface area contributed by atoms with Crippen LogP contribution in [0.25, 0.3) is 22.4 Å². The highest BCUT2D eigenvalue weighted by atomic mass is 16.5. The Hall–Kier alpha value is -2.60. The Balaban J connectivity index is 1.67. The van der Waals surface area contributed by atoms with E-state index in [2.05, 4.69) is 50.0 Å². The van der Waals surface area contributed by atoms with Gasteiger partial charge in [0.15, 0.2) is 5.65 Å². The molecule has 0 unspecified atom stereocenters. The second kappa shape index (κ2) is 6.13. The lowest BCUT2D eigenvalue weighted by molar-refractivity contribution is 0.311. The number of aromatic amines is 1. The molecule has 1 saturated heterocycles. The number of H-pyrrole nitrogens is 1. The number of methoxy groups -OCH3 is 1. The first-order valence-corrected chi connectivity index (χ1v) is 8.16. The SMILES string of the molecule is COc1cc(-c2cnc3[nH]ccc3n2)ccc1N1CCN(C)CC1. The van der Waals surface area contributed by atoms with Gasteiger partial charge in [-0.2, -0.15) is 0 Å². The molecule has 3 heterocycles. The van der Waals surface area contributed by atoms with Crippen LogP contribution in [0.4, 0.5) is 5.69 Å². The molecule has 0 spiro atoms. The van der Waals surface area contributed by atoms with Crippen molar-refractivity contribution in [2.45, 2.75) is 0 Å². The van der Waals surface area contributed by atoms with Crippen molar-refractivity contribution in [3.05, 3.63) is 36.7 Å². The topological polar surface area (TPSA) is 57.3 Å². The zero-order valence-corrected chi connectivity index (χ0v) is 14.0. The number of nitrogens with zero attached hydrogens (tertiary/aromatic N) is 4. The maximum Gasteiger partial charge on any atom is 0.156 e. The van der Waals surface area contributed by atoms with E-state index in [-0.39, 0.29) is 0 Å². The lowest BCUT2D eigenvalue weighted by Gasteiger charge is -2.34. The van der Waals surface area contributed by atoms with Crippen LogP contribution in [0.3, 0.4) is 0 Å². The average Bonchev–Trinajstić information content (AvgIpc) is 3.09. The third-order valence-electron chi connectivity index (χ3n) is 4.58. The summed E-state index contributed by atoms with van der Waals surface area (Å²) in [6.07, 6.45) is 3.65. The summed E-state index contributed by atoms with van der Waals surface area (Å²) in [6.45, 7) is 4.17. The van der Waals surface area contributed by atoms with E-state index in [4.69, 9.17) is 4.74 Å². The van der Waals surface area contributed by atoms with Crippen molar-refractivity contribution in [2.24, 2.45) is 0 Å². The zero-order chi connectivity index (χ0) is 16.5. The Morgan fingerprint density at radius 3 is 2.75 bits per heavy atom. The standard InChI is InChI=1S/C18H21N5O/c1-22-7-9-23(10-8-22)16-4-3-13(11-17(16)24-2)15-12-20-18-14(21-15)5-6-19-18/h3-6,11-12H,7-10H2,1-2H3,(H,19,20). The Kier molecular flexibility index (Phi) is 3.82. The quantitative estimate of drug-likeness (QED) is 0.802. The van der Waals surface area contributed by atoms with E-state index in [0.29, 0.717) is 0 Å². The first kappa shape index (κ1) is 15.0. The van der Waals surface area contributed by atoms with E-state index in [0.717, 1.165) is 60.0 Å². The molecule has 24 heavy (non-hydrogen) atoms. The summed E-state index contributed by atoms with van der Waals surface area (Å²) >= 11 is 0. The minimum absolute atomic E-state index is 0.805. The van der Waals surface area contributed by atoms with Crippen LogP contribution >= 0.6 is 0 Å². The van der Waals surface area contributed by atoms with E-state index >= 15 is 0 Å². The smallest absolute Gasteiger partial charge is 0.156 e. The van der Waals surface area contributed by atoms with Crippen LogP contribution in [-0.2, 0) is 0 Å². The molecule has 1 fully saturated rings. The highest BCUT2D eigenvalue weighted by molar-refractivity contribution is 5.76. The van der Waals surface area contributed by atoms with Gasteiger partial charge in [-0.1, -0.05) is 6.07 Å². The molecule has 2 aromatic heterocycles. The number of piperazine rings is 1. The summed E-state index contributed by atoms with van der Waals surface area (Å²) in [5.74, 6) is 0.882. The minimum Gasteiger partial charge on any atom is -0.495 e. The number of fused-ring (bicyclic) bond motifs is 1. The van der Waals surface area contributed by atoms with E-state index in [1.165, 1.54) is 0 Å². The van der Waals surface area contributed by atoms with Gasteiger partial charge in [-0.3, -0.25) is 0 Å². The molecule has 124 valence electrons. The van der Waals surface area contributed by atoms with Crippen LogP contribution in [0.5, 0.6) is 5.75 Å². The van der Waals surface area contributed by atoms with Crippen LogP contribution in [0.2, 0.25) is 0 Å². The fourth-order valence-corrected chi connectivity index (χ4v) is 3.11. The van der Waals surface area contributed by atoms with E-state index < -0.39 is 0 Å². The van der Waals surface area contributed by atoms with Crippen molar-refractivity contribution in [2.75, 3.05) is 45.2 Å². The second-order valence-corrected chi connectivity index (χ2v) is 6.14. The predicted molar refractivity (Wildman–Crippen MR) is 95.6 cm³/mol. The molecule has 0 amide bonds. The lowest BCUT2D eigenvalue weighted by Crippen LogP contribution is -2.44. The van der Waals surface area contributed by atoms with Crippen molar-refractivity contribution < 1.29 is 4.74 Å². The van der Waals surface area contributed by atoms with Gasteiger partial charge in [0.05, 0.1) is 24.7 Å². The number of anilines is 1. The van der Waals surface area contributed by atoms with Crippen LogP contribution < -0.4 is 9.64 Å². The number of ether oxygens (including phenoxy) is 1. The van der Waals surface area contributed by atoms with Gasteiger partial charge in [0, 0.05) is 37.9 Å². The fraction of sp³-hybridized carbons (Fsp3) is 0.333. The summed E-state index contributed by atoms with van der Waals surface area (Å²) in [7, 11) is 3.88. The third-order valence-corrected chi connectivity index (χ3v) is 4.58. The van der Waals surface area contributed by atoms with Crippen molar-refractivity contribution in [3.63, 3.8) is 0 Å². The van der Waals surface area contributed by atoms with Crippen LogP contribution in [0, 0.1) is 0 Å².